The average Bonchev–Trinajstić information content (AvgIpc) is 2.86. The van der Waals surface area contributed by atoms with Gasteiger partial charge in [-0.2, -0.15) is 0 Å². The highest BCUT2D eigenvalue weighted by molar-refractivity contribution is 6.02. The Labute approximate surface area is 117 Å². The molecule has 0 amide bonds. The van der Waals surface area contributed by atoms with Gasteiger partial charge in [0.2, 0.25) is 5.78 Å². The summed E-state index contributed by atoms with van der Waals surface area (Å²) in [6.45, 7) is 0.411. The second-order valence-corrected chi connectivity index (χ2v) is 4.33. The quantitative estimate of drug-likeness (QED) is 0.782. The van der Waals surface area contributed by atoms with E-state index in [9.17, 15) is 4.79 Å². The maximum absolute atomic E-state index is 11.4. The maximum Gasteiger partial charge on any atom is 0.203 e. The van der Waals surface area contributed by atoms with Crippen LogP contribution in [0, 0.1) is 11.8 Å². The Morgan fingerprint density at radius 1 is 1.15 bits per heavy atom. The van der Waals surface area contributed by atoms with Crippen molar-refractivity contribution < 1.29 is 14.3 Å². The Morgan fingerprint density at radius 2 is 2.00 bits per heavy atom. The molecule has 1 heterocycles. The lowest BCUT2D eigenvalue weighted by atomic mass is 10.1. The number of carbonyl (C=O) groups is 1. The van der Waals surface area contributed by atoms with Crippen LogP contribution in [0.15, 0.2) is 48.5 Å². The number of benzene rings is 2. The van der Waals surface area contributed by atoms with Crippen molar-refractivity contribution in [3.05, 3.63) is 59.7 Å². The number of fused-ring (bicyclic) bond motifs is 1. The molecule has 0 fully saturated rings. The highest BCUT2D eigenvalue weighted by Gasteiger charge is 2.21. The summed E-state index contributed by atoms with van der Waals surface area (Å²) in [6, 6.07) is 14.9. The minimum absolute atomic E-state index is 0.00965. The molecule has 0 saturated carbocycles. The number of Topliss-reactive ketones (excluding diaryl/α,β-unsaturated/α-hetero) is 1. The summed E-state index contributed by atoms with van der Waals surface area (Å²) >= 11 is 0. The molecule has 2 aromatic rings. The van der Waals surface area contributed by atoms with E-state index in [1.54, 1.807) is 18.2 Å². The molecular weight excluding hydrogens is 252 g/mol. The summed E-state index contributed by atoms with van der Waals surface area (Å²) in [5.74, 6) is 7.21. The van der Waals surface area contributed by atoms with Crippen molar-refractivity contribution in [1.29, 1.82) is 0 Å². The Morgan fingerprint density at radius 3 is 2.85 bits per heavy atom. The van der Waals surface area contributed by atoms with Gasteiger partial charge in [0.1, 0.15) is 18.1 Å². The Hall–Kier alpha value is -2.73. The van der Waals surface area contributed by atoms with Crippen LogP contribution in [0.4, 0.5) is 0 Å². The normalized spacial score (nSPS) is 12.1. The maximum atomic E-state index is 11.4. The molecule has 20 heavy (non-hydrogen) atoms. The summed E-state index contributed by atoms with van der Waals surface area (Å²) in [7, 11) is 0. The third-order valence-electron chi connectivity index (χ3n) is 2.93. The van der Waals surface area contributed by atoms with Gasteiger partial charge in [-0.1, -0.05) is 30.0 Å². The molecule has 0 N–H and O–H groups in total. The van der Waals surface area contributed by atoms with Crippen LogP contribution in [0.1, 0.15) is 15.9 Å². The zero-order valence-electron chi connectivity index (χ0n) is 10.8. The second-order valence-electron chi connectivity index (χ2n) is 4.33. The van der Waals surface area contributed by atoms with Crippen LogP contribution in [0.3, 0.4) is 0 Å². The largest absolute Gasteiger partial charge is 0.485 e. The number of hydrogen-bond donors (Lipinski definition) is 0. The van der Waals surface area contributed by atoms with Crippen LogP contribution < -0.4 is 9.47 Å². The van der Waals surface area contributed by atoms with Gasteiger partial charge in [0.15, 0.2) is 6.61 Å². The lowest BCUT2D eigenvalue weighted by Gasteiger charge is -2.03. The number of rotatable bonds is 2. The summed E-state index contributed by atoms with van der Waals surface area (Å²) < 4.78 is 10.8. The first kappa shape index (κ1) is 12.3. The van der Waals surface area contributed by atoms with E-state index in [1.165, 1.54) is 0 Å². The van der Waals surface area contributed by atoms with Gasteiger partial charge in [0.25, 0.3) is 0 Å². The van der Waals surface area contributed by atoms with E-state index in [1.807, 2.05) is 30.3 Å². The molecule has 0 radical (unpaired) electrons. The van der Waals surface area contributed by atoms with E-state index < -0.39 is 0 Å². The molecule has 0 spiro atoms. The van der Waals surface area contributed by atoms with E-state index in [0.717, 1.165) is 5.56 Å². The molecule has 0 bridgehead atoms. The first-order chi connectivity index (χ1) is 9.83. The molecule has 98 valence electrons. The van der Waals surface area contributed by atoms with Gasteiger partial charge >= 0.3 is 0 Å². The first-order valence-corrected chi connectivity index (χ1v) is 6.30. The van der Waals surface area contributed by atoms with Crippen molar-refractivity contribution >= 4 is 5.78 Å². The van der Waals surface area contributed by atoms with Gasteiger partial charge in [-0.3, -0.25) is 4.79 Å². The van der Waals surface area contributed by atoms with Crippen molar-refractivity contribution in [2.45, 2.75) is 0 Å². The molecule has 3 nitrogen and oxygen atoms in total. The average molecular weight is 264 g/mol. The fraction of sp³-hybridized carbons (Fsp3) is 0.118. The Kier molecular flexibility index (Phi) is 3.38. The van der Waals surface area contributed by atoms with Gasteiger partial charge in [-0.25, -0.2) is 0 Å². The molecule has 1 aliphatic rings. The highest BCUT2D eigenvalue weighted by Crippen LogP contribution is 2.29. The van der Waals surface area contributed by atoms with Crippen LogP contribution >= 0.6 is 0 Å². The monoisotopic (exact) mass is 264 g/mol. The summed E-state index contributed by atoms with van der Waals surface area (Å²) in [5, 5.41) is 0. The molecule has 1 aliphatic heterocycles. The third kappa shape index (κ3) is 2.65. The van der Waals surface area contributed by atoms with Crippen LogP contribution in [0.5, 0.6) is 11.5 Å². The predicted molar refractivity (Wildman–Crippen MR) is 75.1 cm³/mol. The van der Waals surface area contributed by atoms with E-state index in [-0.39, 0.29) is 12.4 Å². The number of carbonyl (C=O) groups excluding carboxylic acids is 1. The van der Waals surface area contributed by atoms with Gasteiger partial charge in [0, 0.05) is 11.6 Å². The van der Waals surface area contributed by atoms with Crippen molar-refractivity contribution in [2.75, 3.05) is 13.2 Å². The van der Waals surface area contributed by atoms with E-state index in [4.69, 9.17) is 9.47 Å². The van der Waals surface area contributed by atoms with Crippen molar-refractivity contribution in [3.8, 4) is 23.3 Å². The fourth-order valence-electron chi connectivity index (χ4n) is 1.94. The van der Waals surface area contributed by atoms with Gasteiger partial charge in [0.05, 0.1) is 5.56 Å². The molecule has 0 saturated heterocycles. The SMILES string of the molecule is O=C1COc2cc(OCC#Cc3ccccc3)ccc21. The summed E-state index contributed by atoms with van der Waals surface area (Å²) in [6.07, 6.45) is 0. The molecule has 0 atom stereocenters. The molecule has 0 unspecified atom stereocenters. The highest BCUT2D eigenvalue weighted by atomic mass is 16.5. The van der Waals surface area contributed by atoms with E-state index in [2.05, 4.69) is 11.8 Å². The van der Waals surface area contributed by atoms with Gasteiger partial charge < -0.3 is 9.47 Å². The summed E-state index contributed by atoms with van der Waals surface area (Å²) in [5.41, 5.74) is 1.58. The molecule has 3 heteroatoms. The molecule has 0 aliphatic carbocycles. The van der Waals surface area contributed by atoms with Crippen molar-refractivity contribution in [2.24, 2.45) is 0 Å². The lowest BCUT2D eigenvalue weighted by Crippen LogP contribution is -1.98. The molecule has 2 aromatic carbocycles. The smallest absolute Gasteiger partial charge is 0.203 e. The van der Waals surface area contributed by atoms with E-state index >= 15 is 0 Å². The van der Waals surface area contributed by atoms with Crippen LogP contribution in [-0.4, -0.2) is 19.0 Å². The summed E-state index contributed by atoms with van der Waals surface area (Å²) in [4.78, 5) is 11.4. The van der Waals surface area contributed by atoms with E-state index in [0.29, 0.717) is 23.7 Å². The Bertz CT molecular complexity index is 693. The van der Waals surface area contributed by atoms with Crippen molar-refractivity contribution in [1.82, 2.24) is 0 Å². The van der Waals surface area contributed by atoms with Gasteiger partial charge in [-0.15, -0.1) is 0 Å². The van der Waals surface area contributed by atoms with Crippen LogP contribution in [0.2, 0.25) is 0 Å². The number of ketones is 1. The fourth-order valence-corrected chi connectivity index (χ4v) is 1.94. The predicted octanol–water partition coefficient (Wildman–Crippen LogP) is 2.69. The van der Waals surface area contributed by atoms with Gasteiger partial charge in [-0.05, 0) is 24.3 Å². The molecule has 3 rings (SSSR count). The third-order valence-corrected chi connectivity index (χ3v) is 2.93. The Balaban J connectivity index is 1.63. The number of ether oxygens (including phenoxy) is 2. The lowest BCUT2D eigenvalue weighted by molar-refractivity contribution is 0.0961. The standard InChI is InChI=1S/C17H12O3/c18-16-12-20-17-11-14(8-9-15(16)17)19-10-4-7-13-5-2-1-3-6-13/h1-3,5-6,8-9,11H,10,12H2. The molecular formula is C17H12O3. The second kappa shape index (κ2) is 5.50. The number of hydrogen-bond acceptors (Lipinski definition) is 3. The first-order valence-electron chi connectivity index (χ1n) is 6.30. The minimum Gasteiger partial charge on any atom is -0.485 e. The van der Waals surface area contributed by atoms with Crippen LogP contribution in [0.25, 0.3) is 0 Å². The topological polar surface area (TPSA) is 35.5 Å². The molecule has 0 aromatic heterocycles. The zero-order valence-corrected chi connectivity index (χ0v) is 10.8. The van der Waals surface area contributed by atoms with Crippen molar-refractivity contribution in [3.63, 3.8) is 0 Å². The zero-order chi connectivity index (χ0) is 13.8. The van der Waals surface area contributed by atoms with Crippen LogP contribution in [-0.2, 0) is 0 Å². The minimum atomic E-state index is 0.00965.